The molecule has 0 heterocycles. The Bertz CT molecular complexity index is 1440. The summed E-state index contributed by atoms with van der Waals surface area (Å²) in [5.74, 6) is -0.698. The number of amides is 2. The normalized spacial score (nSPS) is 12.2. The van der Waals surface area contributed by atoms with Gasteiger partial charge in [-0.3, -0.25) is 13.9 Å². The highest BCUT2D eigenvalue weighted by Gasteiger charge is 2.33. The lowest BCUT2D eigenvalue weighted by Gasteiger charge is -2.34. The van der Waals surface area contributed by atoms with Crippen LogP contribution in [0.5, 0.6) is 0 Å². The molecule has 1 atom stereocenters. The molecule has 40 heavy (non-hydrogen) atoms. The minimum Gasteiger partial charge on any atom is -0.354 e. The lowest BCUT2D eigenvalue weighted by atomic mass is 10.0. The third-order valence-corrected chi connectivity index (χ3v) is 8.23. The number of halogens is 3. The number of benzene rings is 3. The van der Waals surface area contributed by atoms with E-state index < -0.39 is 28.5 Å². The summed E-state index contributed by atoms with van der Waals surface area (Å²) in [6, 6.07) is 20.3. The van der Waals surface area contributed by atoms with Gasteiger partial charge in [0, 0.05) is 29.0 Å². The first-order valence-corrected chi connectivity index (χ1v) is 16.0. The van der Waals surface area contributed by atoms with Gasteiger partial charge in [0.1, 0.15) is 12.6 Å². The summed E-state index contributed by atoms with van der Waals surface area (Å²) < 4.78 is 27.5. The number of nitrogens with one attached hydrogen (secondary N) is 1. The molecule has 3 rings (SSSR count). The van der Waals surface area contributed by atoms with Gasteiger partial charge in [-0.05, 0) is 47.4 Å². The largest absolute Gasteiger partial charge is 0.354 e. The molecule has 0 fully saturated rings. The molecule has 0 saturated carbocycles. The molecule has 0 aromatic heterocycles. The van der Waals surface area contributed by atoms with Crippen molar-refractivity contribution < 1.29 is 18.0 Å². The highest BCUT2D eigenvalue weighted by atomic mass is 79.9. The topological polar surface area (TPSA) is 86.8 Å². The summed E-state index contributed by atoms with van der Waals surface area (Å²) >= 11 is 15.9. The molecule has 3 aromatic rings. The number of rotatable bonds is 12. The Morgan fingerprint density at radius 1 is 0.950 bits per heavy atom. The van der Waals surface area contributed by atoms with Crippen molar-refractivity contribution in [1.29, 1.82) is 0 Å². The summed E-state index contributed by atoms with van der Waals surface area (Å²) in [6.45, 7) is 3.89. The number of sulfonamides is 1. The van der Waals surface area contributed by atoms with Crippen LogP contribution in [-0.4, -0.2) is 50.5 Å². The van der Waals surface area contributed by atoms with Crippen LogP contribution in [0.1, 0.15) is 25.0 Å². The third-order valence-electron chi connectivity index (χ3n) is 6.05. The van der Waals surface area contributed by atoms with Crippen molar-refractivity contribution in [2.24, 2.45) is 5.92 Å². The zero-order chi connectivity index (χ0) is 29.4. The molecule has 0 aliphatic carbocycles. The maximum atomic E-state index is 14.1. The third kappa shape index (κ3) is 9.23. The Hall–Kier alpha value is -2.59. The molecule has 0 radical (unpaired) electrons. The first kappa shape index (κ1) is 31.9. The van der Waals surface area contributed by atoms with E-state index in [1.807, 2.05) is 68.4 Å². The van der Waals surface area contributed by atoms with Gasteiger partial charge in [0.25, 0.3) is 0 Å². The van der Waals surface area contributed by atoms with Gasteiger partial charge in [-0.25, -0.2) is 8.42 Å². The van der Waals surface area contributed by atoms with Crippen molar-refractivity contribution in [3.63, 3.8) is 0 Å². The summed E-state index contributed by atoms with van der Waals surface area (Å²) in [4.78, 5) is 29.1. The average Bonchev–Trinajstić information content (AvgIpc) is 2.89. The molecule has 7 nitrogen and oxygen atoms in total. The number of carbonyl (C=O) groups is 2. The monoisotopic (exact) mass is 667 g/mol. The second-order valence-electron chi connectivity index (χ2n) is 9.86. The van der Waals surface area contributed by atoms with E-state index in [4.69, 9.17) is 23.2 Å². The lowest BCUT2D eigenvalue weighted by molar-refractivity contribution is -0.140. The van der Waals surface area contributed by atoms with Gasteiger partial charge in [-0.2, -0.15) is 0 Å². The lowest BCUT2D eigenvalue weighted by Crippen LogP contribution is -2.53. The zero-order valence-corrected chi connectivity index (χ0v) is 26.4. The maximum Gasteiger partial charge on any atom is 0.244 e. The highest BCUT2D eigenvalue weighted by Crippen LogP contribution is 2.31. The average molecular weight is 669 g/mol. The molecule has 0 spiro atoms. The molecule has 3 aromatic carbocycles. The number of hydrogen-bond acceptors (Lipinski definition) is 4. The van der Waals surface area contributed by atoms with Gasteiger partial charge in [0.2, 0.25) is 21.8 Å². The number of carbonyl (C=O) groups excluding carboxylic acids is 2. The van der Waals surface area contributed by atoms with Crippen LogP contribution in [0, 0.1) is 5.92 Å². The Morgan fingerprint density at radius 2 is 1.62 bits per heavy atom. The van der Waals surface area contributed by atoms with Crippen molar-refractivity contribution in [3.05, 3.63) is 98.4 Å². The molecule has 0 aliphatic heterocycles. The summed E-state index contributed by atoms with van der Waals surface area (Å²) in [5, 5.41) is 3.34. The maximum absolute atomic E-state index is 14.1. The van der Waals surface area contributed by atoms with Gasteiger partial charge < -0.3 is 10.2 Å². The smallest absolute Gasteiger partial charge is 0.244 e. The highest BCUT2D eigenvalue weighted by molar-refractivity contribution is 9.10. The number of hydrogen-bond donors (Lipinski definition) is 1. The molecule has 0 saturated heterocycles. The molecule has 1 N–H and O–H groups in total. The minimum atomic E-state index is -3.96. The van der Waals surface area contributed by atoms with Crippen molar-refractivity contribution in [1.82, 2.24) is 10.2 Å². The minimum absolute atomic E-state index is 0.0752. The van der Waals surface area contributed by atoms with Crippen LogP contribution in [0.25, 0.3) is 0 Å². The molecular weight excluding hydrogens is 637 g/mol. The Balaban J connectivity index is 2.07. The zero-order valence-electron chi connectivity index (χ0n) is 22.5. The van der Waals surface area contributed by atoms with Crippen LogP contribution in [-0.2, 0) is 32.6 Å². The second-order valence-corrected chi connectivity index (χ2v) is 13.5. The quantitative estimate of drug-likeness (QED) is 0.259. The molecule has 1 unspecified atom stereocenters. The van der Waals surface area contributed by atoms with Gasteiger partial charge in [-0.1, -0.05) is 95.4 Å². The summed E-state index contributed by atoms with van der Waals surface area (Å²) in [5.41, 5.74) is 1.71. The molecule has 214 valence electrons. The fourth-order valence-electron chi connectivity index (χ4n) is 4.08. The fourth-order valence-corrected chi connectivity index (χ4v) is 5.82. The standard InChI is InChI=1S/C29H32BrCl2N3O4S/c1-20(2)17-33-29(37)27(15-21-8-5-4-6-9-21)34(18-22-10-7-11-23(30)14-22)28(36)19-35(40(3,38)39)26-16-24(31)12-13-25(26)32/h4-14,16,20,27H,15,17-19H2,1-3H3,(H,33,37). The second kappa shape index (κ2) is 14.3. The first-order chi connectivity index (χ1) is 18.8. The summed E-state index contributed by atoms with van der Waals surface area (Å²) in [6.07, 6.45) is 1.23. The number of anilines is 1. The Labute approximate surface area is 254 Å². The van der Waals surface area contributed by atoms with E-state index in [9.17, 15) is 18.0 Å². The summed E-state index contributed by atoms with van der Waals surface area (Å²) in [7, 11) is -3.96. The molecular formula is C29H32BrCl2N3O4S. The molecule has 11 heteroatoms. The van der Waals surface area contributed by atoms with Gasteiger partial charge in [0.05, 0.1) is 17.0 Å². The van der Waals surface area contributed by atoms with E-state index in [1.54, 1.807) is 0 Å². The van der Waals surface area contributed by atoms with Crippen molar-refractivity contribution in [2.45, 2.75) is 32.9 Å². The van der Waals surface area contributed by atoms with E-state index in [0.717, 1.165) is 26.2 Å². The van der Waals surface area contributed by atoms with E-state index in [2.05, 4.69) is 21.2 Å². The SMILES string of the molecule is CC(C)CNC(=O)C(Cc1ccccc1)N(Cc1cccc(Br)c1)C(=O)CN(c1cc(Cl)ccc1Cl)S(C)(=O)=O. The van der Waals surface area contributed by atoms with Crippen LogP contribution in [0.15, 0.2) is 77.3 Å². The first-order valence-electron chi connectivity index (χ1n) is 12.6. The van der Waals surface area contributed by atoms with Crippen LogP contribution in [0.4, 0.5) is 5.69 Å². The van der Waals surface area contributed by atoms with Crippen molar-refractivity contribution >= 4 is 66.7 Å². The number of nitrogens with zero attached hydrogens (tertiary/aromatic N) is 2. The molecule has 2 amide bonds. The predicted octanol–water partition coefficient (Wildman–Crippen LogP) is 5.93. The molecule has 0 aliphatic rings. The van der Waals surface area contributed by atoms with Gasteiger partial charge >= 0.3 is 0 Å². The van der Waals surface area contributed by atoms with Gasteiger partial charge in [-0.15, -0.1) is 0 Å². The van der Waals surface area contributed by atoms with Crippen LogP contribution in [0.2, 0.25) is 10.0 Å². The van der Waals surface area contributed by atoms with Crippen LogP contribution in [0.3, 0.4) is 0 Å². The van der Waals surface area contributed by atoms with E-state index >= 15 is 0 Å². The van der Waals surface area contributed by atoms with E-state index in [0.29, 0.717) is 6.54 Å². The van der Waals surface area contributed by atoms with Gasteiger partial charge in [0.15, 0.2) is 0 Å². The van der Waals surface area contributed by atoms with Crippen molar-refractivity contribution in [3.8, 4) is 0 Å². The van der Waals surface area contributed by atoms with E-state index in [1.165, 1.54) is 23.1 Å². The van der Waals surface area contributed by atoms with Crippen LogP contribution < -0.4 is 9.62 Å². The van der Waals surface area contributed by atoms with E-state index in [-0.39, 0.29) is 40.5 Å². The van der Waals surface area contributed by atoms with Crippen molar-refractivity contribution in [2.75, 3.05) is 23.7 Å². The predicted molar refractivity (Wildman–Crippen MR) is 165 cm³/mol. The Morgan fingerprint density at radius 3 is 2.25 bits per heavy atom. The Kier molecular flexibility index (Phi) is 11.5. The fraction of sp³-hybridized carbons (Fsp3) is 0.310. The molecule has 0 bridgehead atoms. The van der Waals surface area contributed by atoms with Crippen LogP contribution >= 0.6 is 39.1 Å².